The van der Waals surface area contributed by atoms with E-state index in [0.29, 0.717) is 0 Å². The monoisotopic (exact) mass is 182 g/mol. The molecule has 1 heterocycles. The molecule has 0 aromatic rings. The van der Waals surface area contributed by atoms with E-state index in [9.17, 15) is 0 Å². The standard InChI is InChI=1S/C11H22N2/c1-9-4-3-5-10(6-9)13-7-11(2,12)8-13/h9-10H,3-8,12H2,1-2H3. The summed E-state index contributed by atoms with van der Waals surface area (Å²) in [6.45, 7) is 6.78. The molecule has 0 amide bonds. The van der Waals surface area contributed by atoms with Crippen LogP contribution in [0, 0.1) is 5.92 Å². The highest BCUT2D eigenvalue weighted by Crippen LogP contribution is 2.31. The third kappa shape index (κ3) is 2.05. The number of nitrogens with two attached hydrogens (primary N) is 1. The first-order valence-corrected chi connectivity index (χ1v) is 5.60. The average molecular weight is 182 g/mol. The van der Waals surface area contributed by atoms with Crippen LogP contribution in [-0.2, 0) is 0 Å². The molecule has 1 aliphatic heterocycles. The molecule has 1 saturated heterocycles. The Bertz CT molecular complexity index is 181. The van der Waals surface area contributed by atoms with Crippen molar-refractivity contribution in [1.29, 1.82) is 0 Å². The molecule has 2 rings (SSSR count). The van der Waals surface area contributed by atoms with Crippen LogP contribution in [0.1, 0.15) is 39.5 Å². The summed E-state index contributed by atoms with van der Waals surface area (Å²) in [7, 11) is 0. The van der Waals surface area contributed by atoms with E-state index in [-0.39, 0.29) is 5.54 Å². The molecule has 2 aliphatic rings. The van der Waals surface area contributed by atoms with Crippen molar-refractivity contribution < 1.29 is 0 Å². The van der Waals surface area contributed by atoms with Crippen LogP contribution in [0.15, 0.2) is 0 Å². The molecule has 0 bridgehead atoms. The smallest absolute Gasteiger partial charge is 0.0384 e. The molecule has 1 saturated carbocycles. The second-order valence-electron chi connectivity index (χ2n) is 5.48. The van der Waals surface area contributed by atoms with Gasteiger partial charge in [0.1, 0.15) is 0 Å². The number of hydrogen-bond donors (Lipinski definition) is 1. The van der Waals surface area contributed by atoms with E-state index in [0.717, 1.165) is 25.0 Å². The van der Waals surface area contributed by atoms with E-state index < -0.39 is 0 Å². The van der Waals surface area contributed by atoms with Gasteiger partial charge in [0.05, 0.1) is 0 Å². The summed E-state index contributed by atoms with van der Waals surface area (Å²) in [4.78, 5) is 2.58. The average Bonchev–Trinajstić information content (AvgIpc) is 2.00. The third-order valence-electron chi connectivity index (χ3n) is 3.55. The van der Waals surface area contributed by atoms with Gasteiger partial charge >= 0.3 is 0 Å². The maximum absolute atomic E-state index is 6.01. The van der Waals surface area contributed by atoms with Crippen molar-refractivity contribution in [3.8, 4) is 0 Å². The normalized spacial score (nSPS) is 39.9. The van der Waals surface area contributed by atoms with Crippen molar-refractivity contribution in [1.82, 2.24) is 4.90 Å². The summed E-state index contributed by atoms with van der Waals surface area (Å²) in [6, 6.07) is 0.848. The fourth-order valence-electron chi connectivity index (χ4n) is 2.87. The summed E-state index contributed by atoms with van der Waals surface area (Å²) in [5, 5.41) is 0. The van der Waals surface area contributed by atoms with Gasteiger partial charge in [-0.25, -0.2) is 0 Å². The van der Waals surface area contributed by atoms with Crippen molar-refractivity contribution in [3.05, 3.63) is 0 Å². The lowest BCUT2D eigenvalue weighted by Gasteiger charge is -2.51. The first kappa shape index (κ1) is 9.47. The quantitative estimate of drug-likeness (QED) is 0.667. The molecule has 2 unspecified atom stereocenters. The van der Waals surface area contributed by atoms with E-state index in [4.69, 9.17) is 5.73 Å². The van der Waals surface area contributed by atoms with Crippen LogP contribution in [-0.4, -0.2) is 29.6 Å². The summed E-state index contributed by atoms with van der Waals surface area (Å²) in [5.41, 5.74) is 6.12. The zero-order chi connectivity index (χ0) is 9.47. The Morgan fingerprint density at radius 3 is 2.54 bits per heavy atom. The summed E-state index contributed by atoms with van der Waals surface area (Å²) < 4.78 is 0. The molecule has 0 aromatic carbocycles. The van der Waals surface area contributed by atoms with Crippen LogP contribution in [0.5, 0.6) is 0 Å². The molecule has 0 radical (unpaired) electrons. The third-order valence-corrected chi connectivity index (χ3v) is 3.55. The zero-order valence-corrected chi connectivity index (χ0v) is 8.92. The predicted octanol–water partition coefficient (Wildman–Crippen LogP) is 1.60. The van der Waals surface area contributed by atoms with Gasteiger partial charge in [0, 0.05) is 24.7 Å². The van der Waals surface area contributed by atoms with Crippen molar-refractivity contribution in [3.63, 3.8) is 0 Å². The van der Waals surface area contributed by atoms with Gasteiger partial charge < -0.3 is 5.73 Å². The highest BCUT2D eigenvalue weighted by Gasteiger charge is 2.39. The van der Waals surface area contributed by atoms with Crippen LogP contribution >= 0.6 is 0 Å². The molecule has 2 fully saturated rings. The lowest BCUT2D eigenvalue weighted by atomic mass is 9.82. The van der Waals surface area contributed by atoms with E-state index in [1.807, 2.05) is 0 Å². The summed E-state index contributed by atoms with van der Waals surface area (Å²) in [5.74, 6) is 0.934. The maximum Gasteiger partial charge on any atom is 0.0384 e. The van der Waals surface area contributed by atoms with Crippen molar-refractivity contribution >= 4 is 0 Å². The molecule has 2 heteroatoms. The minimum Gasteiger partial charge on any atom is -0.323 e. The number of hydrogen-bond acceptors (Lipinski definition) is 2. The van der Waals surface area contributed by atoms with Crippen molar-refractivity contribution in [2.24, 2.45) is 11.7 Å². The van der Waals surface area contributed by atoms with E-state index in [1.54, 1.807) is 0 Å². The highest BCUT2D eigenvalue weighted by atomic mass is 15.3. The Morgan fingerprint density at radius 2 is 2.00 bits per heavy atom. The second kappa shape index (κ2) is 3.25. The minimum atomic E-state index is 0.112. The fourth-order valence-corrected chi connectivity index (χ4v) is 2.87. The summed E-state index contributed by atoms with van der Waals surface area (Å²) >= 11 is 0. The molecule has 0 aromatic heterocycles. The lowest BCUT2D eigenvalue weighted by molar-refractivity contribution is 0.0156. The van der Waals surface area contributed by atoms with Crippen molar-refractivity contribution in [2.45, 2.75) is 51.1 Å². The van der Waals surface area contributed by atoms with E-state index in [1.165, 1.54) is 25.7 Å². The minimum absolute atomic E-state index is 0.112. The summed E-state index contributed by atoms with van der Waals surface area (Å²) in [6.07, 6.45) is 5.66. The Labute approximate surface area is 81.5 Å². The van der Waals surface area contributed by atoms with Crippen LogP contribution in [0.2, 0.25) is 0 Å². The molecule has 2 N–H and O–H groups in total. The molecule has 2 atom stereocenters. The van der Waals surface area contributed by atoms with Gasteiger partial charge in [0.15, 0.2) is 0 Å². The molecule has 0 spiro atoms. The van der Waals surface area contributed by atoms with Gasteiger partial charge in [-0.2, -0.15) is 0 Å². The topological polar surface area (TPSA) is 29.3 Å². The fraction of sp³-hybridized carbons (Fsp3) is 1.00. The van der Waals surface area contributed by atoms with Gasteiger partial charge in [-0.15, -0.1) is 0 Å². The molecular weight excluding hydrogens is 160 g/mol. The van der Waals surface area contributed by atoms with Gasteiger partial charge in [-0.3, -0.25) is 4.90 Å². The molecule has 13 heavy (non-hydrogen) atoms. The lowest BCUT2D eigenvalue weighted by Crippen LogP contribution is -2.68. The van der Waals surface area contributed by atoms with Crippen LogP contribution in [0.3, 0.4) is 0 Å². The molecular formula is C11H22N2. The predicted molar refractivity (Wildman–Crippen MR) is 55.6 cm³/mol. The SMILES string of the molecule is CC1CCCC(N2CC(C)(N)C2)C1. The Balaban J connectivity index is 1.82. The molecule has 76 valence electrons. The molecule has 2 nitrogen and oxygen atoms in total. The van der Waals surface area contributed by atoms with Crippen molar-refractivity contribution in [2.75, 3.05) is 13.1 Å². The zero-order valence-electron chi connectivity index (χ0n) is 8.92. The molecule has 1 aliphatic carbocycles. The Hall–Kier alpha value is -0.0800. The maximum atomic E-state index is 6.01. The van der Waals surface area contributed by atoms with Crippen LogP contribution in [0.25, 0.3) is 0 Å². The van der Waals surface area contributed by atoms with Gasteiger partial charge in [0.2, 0.25) is 0 Å². The number of likely N-dealkylation sites (tertiary alicyclic amines) is 1. The van der Waals surface area contributed by atoms with Gasteiger partial charge in [-0.05, 0) is 25.7 Å². The van der Waals surface area contributed by atoms with Crippen LogP contribution < -0.4 is 5.73 Å². The number of rotatable bonds is 1. The van der Waals surface area contributed by atoms with E-state index in [2.05, 4.69) is 18.7 Å². The Kier molecular flexibility index (Phi) is 2.37. The first-order valence-electron chi connectivity index (χ1n) is 5.60. The van der Waals surface area contributed by atoms with Gasteiger partial charge in [0.25, 0.3) is 0 Å². The van der Waals surface area contributed by atoms with Crippen LogP contribution in [0.4, 0.5) is 0 Å². The first-order chi connectivity index (χ1) is 6.07. The second-order valence-corrected chi connectivity index (χ2v) is 5.48. The van der Waals surface area contributed by atoms with Gasteiger partial charge in [-0.1, -0.05) is 19.8 Å². The Morgan fingerprint density at radius 1 is 1.31 bits per heavy atom. The highest BCUT2D eigenvalue weighted by molar-refractivity contribution is 4.99. The van der Waals surface area contributed by atoms with E-state index >= 15 is 0 Å². The largest absolute Gasteiger partial charge is 0.323 e. The number of nitrogens with zero attached hydrogens (tertiary/aromatic N) is 1.